The number of anilines is 1. The van der Waals surface area contributed by atoms with Crippen molar-refractivity contribution in [3.63, 3.8) is 0 Å². The highest BCUT2D eigenvalue weighted by Gasteiger charge is 2.21. The summed E-state index contributed by atoms with van der Waals surface area (Å²) in [5.41, 5.74) is 2.98. The topological polar surface area (TPSA) is 81.0 Å². The van der Waals surface area contributed by atoms with E-state index in [1.54, 1.807) is 11.6 Å². The van der Waals surface area contributed by atoms with E-state index >= 15 is 0 Å². The fourth-order valence-corrected chi connectivity index (χ4v) is 3.38. The fourth-order valence-electron chi connectivity index (χ4n) is 3.38. The second kappa shape index (κ2) is 7.13. The van der Waals surface area contributed by atoms with E-state index in [0.29, 0.717) is 13.0 Å². The Bertz CT molecular complexity index is 836. The molecule has 0 aliphatic carbocycles. The van der Waals surface area contributed by atoms with Gasteiger partial charge in [0, 0.05) is 31.7 Å². The van der Waals surface area contributed by atoms with Gasteiger partial charge < -0.3 is 10.6 Å². The van der Waals surface area contributed by atoms with Crippen molar-refractivity contribution in [2.75, 3.05) is 5.32 Å². The molecular formula is C18H25N5O2. The standard InChI is InChI=1S/C18H25N5O2/c1-4-13-7-5-6-12(2)16(13)20-17(24)19-14-8-9-15-21-22(3)18(25)23(15)11-10-14/h5-7,14H,4,8-11H2,1-3H3,(H2,19,20,24). The summed E-state index contributed by atoms with van der Waals surface area (Å²) in [5.74, 6) is 0.796. The number of amides is 2. The number of fused-ring (bicyclic) bond motifs is 1. The molecule has 0 saturated carbocycles. The van der Waals surface area contributed by atoms with Crippen LogP contribution in [0.4, 0.5) is 10.5 Å². The maximum Gasteiger partial charge on any atom is 0.345 e. The first-order chi connectivity index (χ1) is 12.0. The fraction of sp³-hybridized carbons (Fsp3) is 0.500. The molecule has 2 aromatic rings. The van der Waals surface area contributed by atoms with Gasteiger partial charge in [-0.1, -0.05) is 25.1 Å². The quantitative estimate of drug-likeness (QED) is 0.894. The highest BCUT2D eigenvalue weighted by Crippen LogP contribution is 2.21. The molecule has 1 aliphatic heterocycles. The number of nitrogens with zero attached hydrogens (tertiary/aromatic N) is 3. The molecule has 1 aromatic heterocycles. The molecule has 1 aromatic carbocycles. The molecule has 134 valence electrons. The minimum absolute atomic E-state index is 0.0282. The number of benzene rings is 1. The van der Waals surface area contributed by atoms with Crippen LogP contribution < -0.4 is 16.3 Å². The molecule has 0 saturated heterocycles. The largest absolute Gasteiger partial charge is 0.345 e. The molecule has 1 atom stereocenters. The second-order valence-corrected chi connectivity index (χ2v) is 6.56. The van der Waals surface area contributed by atoms with E-state index in [1.165, 1.54) is 4.68 Å². The van der Waals surface area contributed by atoms with Crippen LogP contribution in [0.2, 0.25) is 0 Å². The molecule has 0 radical (unpaired) electrons. The van der Waals surface area contributed by atoms with Crippen molar-refractivity contribution >= 4 is 11.7 Å². The predicted molar refractivity (Wildman–Crippen MR) is 96.9 cm³/mol. The maximum absolute atomic E-state index is 12.4. The van der Waals surface area contributed by atoms with Crippen LogP contribution in [0, 0.1) is 6.92 Å². The lowest BCUT2D eigenvalue weighted by Crippen LogP contribution is -2.39. The number of rotatable bonds is 3. The molecule has 7 heteroatoms. The first-order valence-corrected chi connectivity index (χ1v) is 8.78. The molecule has 3 rings (SSSR count). The summed E-state index contributed by atoms with van der Waals surface area (Å²) in [6.45, 7) is 4.65. The van der Waals surface area contributed by atoms with Crippen LogP contribution in [0.15, 0.2) is 23.0 Å². The number of nitrogens with one attached hydrogen (secondary N) is 2. The van der Waals surface area contributed by atoms with Crippen LogP contribution in [-0.2, 0) is 26.4 Å². The Labute approximate surface area is 147 Å². The van der Waals surface area contributed by atoms with Crippen molar-refractivity contribution in [1.82, 2.24) is 19.7 Å². The Kier molecular flexibility index (Phi) is 4.92. The predicted octanol–water partition coefficient (Wildman–Crippen LogP) is 1.98. The minimum Gasteiger partial charge on any atom is -0.335 e. The lowest BCUT2D eigenvalue weighted by molar-refractivity contribution is 0.246. The summed E-state index contributed by atoms with van der Waals surface area (Å²) in [5, 5.41) is 10.3. The summed E-state index contributed by atoms with van der Waals surface area (Å²) in [4.78, 5) is 24.4. The molecule has 2 heterocycles. The summed E-state index contributed by atoms with van der Waals surface area (Å²) in [7, 11) is 1.67. The number of carbonyl (C=O) groups excluding carboxylic acids is 1. The summed E-state index contributed by atoms with van der Waals surface area (Å²) in [6.07, 6.45) is 3.05. The number of aryl methyl sites for hydroxylation is 4. The normalized spacial score (nSPS) is 16.8. The number of para-hydroxylation sites is 1. The number of hydrogen-bond acceptors (Lipinski definition) is 3. The molecular weight excluding hydrogens is 318 g/mol. The third-order valence-corrected chi connectivity index (χ3v) is 4.82. The van der Waals surface area contributed by atoms with Gasteiger partial charge in [-0.15, -0.1) is 0 Å². The third-order valence-electron chi connectivity index (χ3n) is 4.82. The van der Waals surface area contributed by atoms with Crippen molar-refractivity contribution in [2.45, 2.75) is 52.1 Å². The van der Waals surface area contributed by atoms with E-state index in [1.807, 2.05) is 25.1 Å². The molecule has 0 spiro atoms. The Morgan fingerprint density at radius 2 is 2.16 bits per heavy atom. The van der Waals surface area contributed by atoms with Crippen molar-refractivity contribution in [3.05, 3.63) is 45.6 Å². The highest BCUT2D eigenvalue weighted by molar-refractivity contribution is 5.91. The van der Waals surface area contributed by atoms with E-state index in [9.17, 15) is 9.59 Å². The first-order valence-electron chi connectivity index (χ1n) is 8.78. The van der Waals surface area contributed by atoms with E-state index in [2.05, 4.69) is 22.7 Å². The van der Waals surface area contributed by atoms with Gasteiger partial charge in [0.1, 0.15) is 5.82 Å². The average Bonchev–Trinajstić information content (AvgIpc) is 2.74. The second-order valence-electron chi connectivity index (χ2n) is 6.56. The Morgan fingerprint density at radius 3 is 2.92 bits per heavy atom. The van der Waals surface area contributed by atoms with E-state index < -0.39 is 0 Å². The van der Waals surface area contributed by atoms with E-state index in [4.69, 9.17) is 0 Å². The van der Waals surface area contributed by atoms with Crippen LogP contribution in [0.5, 0.6) is 0 Å². The SMILES string of the molecule is CCc1cccc(C)c1NC(=O)NC1CCc2nn(C)c(=O)n2CC1. The van der Waals surface area contributed by atoms with Crippen LogP contribution in [0.3, 0.4) is 0 Å². The van der Waals surface area contributed by atoms with Crippen LogP contribution >= 0.6 is 0 Å². The monoisotopic (exact) mass is 343 g/mol. The molecule has 2 amide bonds. The number of carbonyl (C=O) groups is 1. The number of aromatic nitrogens is 3. The van der Waals surface area contributed by atoms with Crippen molar-refractivity contribution in [2.24, 2.45) is 7.05 Å². The Morgan fingerprint density at radius 1 is 1.36 bits per heavy atom. The van der Waals surface area contributed by atoms with Crippen LogP contribution in [0.25, 0.3) is 0 Å². The molecule has 7 nitrogen and oxygen atoms in total. The Balaban J connectivity index is 1.64. The van der Waals surface area contributed by atoms with Gasteiger partial charge in [0.2, 0.25) is 0 Å². The van der Waals surface area contributed by atoms with E-state index in [-0.39, 0.29) is 17.8 Å². The molecule has 0 bridgehead atoms. The van der Waals surface area contributed by atoms with Gasteiger partial charge in [-0.25, -0.2) is 14.3 Å². The zero-order valence-electron chi connectivity index (χ0n) is 15.0. The number of hydrogen-bond donors (Lipinski definition) is 2. The van der Waals surface area contributed by atoms with Crippen molar-refractivity contribution in [1.29, 1.82) is 0 Å². The molecule has 2 N–H and O–H groups in total. The van der Waals surface area contributed by atoms with Crippen LogP contribution in [-0.4, -0.2) is 26.4 Å². The van der Waals surface area contributed by atoms with Gasteiger partial charge in [0.15, 0.2) is 0 Å². The lowest BCUT2D eigenvalue weighted by Gasteiger charge is -2.18. The lowest BCUT2D eigenvalue weighted by atomic mass is 10.1. The van der Waals surface area contributed by atoms with Crippen molar-refractivity contribution in [3.8, 4) is 0 Å². The highest BCUT2D eigenvalue weighted by atomic mass is 16.2. The molecule has 0 fully saturated rings. The average molecular weight is 343 g/mol. The molecule has 1 unspecified atom stereocenters. The summed E-state index contributed by atoms with van der Waals surface area (Å²) < 4.78 is 3.08. The number of urea groups is 1. The Hall–Kier alpha value is -2.57. The van der Waals surface area contributed by atoms with Gasteiger partial charge in [-0.05, 0) is 37.3 Å². The first kappa shape index (κ1) is 17.3. The minimum atomic E-state index is -0.193. The van der Waals surface area contributed by atoms with Crippen LogP contribution in [0.1, 0.15) is 36.7 Å². The van der Waals surface area contributed by atoms with Gasteiger partial charge in [0.25, 0.3) is 0 Å². The van der Waals surface area contributed by atoms with E-state index in [0.717, 1.165) is 41.9 Å². The summed E-state index contributed by atoms with van der Waals surface area (Å²) >= 11 is 0. The van der Waals surface area contributed by atoms with Gasteiger partial charge in [-0.3, -0.25) is 4.57 Å². The smallest absolute Gasteiger partial charge is 0.335 e. The van der Waals surface area contributed by atoms with Gasteiger partial charge in [0.05, 0.1) is 0 Å². The zero-order chi connectivity index (χ0) is 18.0. The van der Waals surface area contributed by atoms with Gasteiger partial charge >= 0.3 is 11.7 Å². The van der Waals surface area contributed by atoms with Crippen molar-refractivity contribution < 1.29 is 4.79 Å². The zero-order valence-corrected chi connectivity index (χ0v) is 15.0. The third kappa shape index (κ3) is 3.60. The molecule has 1 aliphatic rings. The maximum atomic E-state index is 12.4. The van der Waals surface area contributed by atoms with Gasteiger partial charge in [-0.2, -0.15) is 5.10 Å². The summed E-state index contributed by atoms with van der Waals surface area (Å²) in [6, 6.07) is 5.87. The molecule has 25 heavy (non-hydrogen) atoms.